The Morgan fingerprint density at radius 2 is 1.06 bits per heavy atom. The molecule has 0 aromatic heterocycles. The van der Waals surface area contributed by atoms with Crippen molar-refractivity contribution in [3.8, 4) is 0 Å². The van der Waals surface area contributed by atoms with E-state index in [1.807, 2.05) is 0 Å². The lowest BCUT2D eigenvalue weighted by atomic mass is 10.1. The molecule has 0 aromatic carbocycles. The van der Waals surface area contributed by atoms with Crippen molar-refractivity contribution >= 4 is 0 Å². The zero-order valence-electron chi connectivity index (χ0n) is 12.3. The monoisotopic (exact) mass is 256 g/mol. The number of rotatable bonds is 12. The number of hydrogen-bond acceptors (Lipinski definition) is 2. The van der Waals surface area contributed by atoms with E-state index < -0.39 is 0 Å². The van der Waals surface area contributed by atoms with Gasteiger partial charge < -0.3 is 10.2 Å². The minimum Gasteiger partial charge on any atom is -0.389 e. The van der Waals surface area contributed by atoms with E-state index in [0.717, 1.165) is 25.7 Å². The molecular formula is C16H32O2. The number of hydrogen-bond donors (Lipinski definition) is 2. The van der Waals surface area contributed by atoms with Crippen LogP contribution in [0.25, 0.3) is 0 Å². The molecular weight excluding hydrogens is 224 g/mol. The van der Waals surface area contributed by atoms with Crippen LogP contribution in [0.1, 0.15) is 78.1 Å². The first-order valence-corrected chi connectivity index (χ1v) is 7.75. The summed E-state index contributed by atoms with van der Waals surface area (Å²) in [6.45, 7) is 4.37. The molecule has 0 unspecified atom stereocenters. The molecule has 0 amide bonds. The van der Waals surface area contributed by atoms with Crippen LogP contribution in [0.5, 0.6) is 0 Å². The maximum Gasteiger partial charge on any atom is 0.0721 e. The van der Waals surface area contributed by atoms with Crippen molar-refractivity contribution in [2.45, 2.75) is 90.3 Å². The van der Waals surface area contributed by atoms with E-state index in [4.69, 9.17) is 0 Å². The van der Waals surface area contributed by atoms with Gasteiger partial charge in [-0.15, -0.1) is 0 Å². The first-order chi connectivity index (χ1) is 8.70. The molecule has 0 saturated carbocycles. The average Bonchev–Trinajstić information content (AvgIpc) is 2.37. The lowest BCUT2D eigenvalue weighted by Gasteiger charge is -2.08. The van der Waals surface area contributed by atoms with Gasteiger partial charge in [-0.1, -0.05) is 77.4 Å². The molecule has 0 aromatic rings. The Balaban J connectivity index is 3.51. The number of aliphatic hydroxyl groups is 2. The molecule has 0 heterocycles. The summed E-state index contributed by atoms with van der Waals surface area (Å²) in [5.41, 5.74) is 0. The Bertz CT molecular complexity index is 170. The third-order valence-corrected chi connectivity index (χ3v) is 3.26. The molecule has 2 heteroatoms. The first kappa shape index (κ1) is 17.7. The van der Waals surface area contributed by atoms with Crippen molar-refractivity contribution in [2.24, 2.45) is 0 Å². The molecule has 2 N–H and O–H groups in total. The molecule has 0 fully saturated rings. The van der Waals surface area contributed by atoms with Crippen LogP contribution in [0.15, 0.2) is 12.2 Å². The predicted molar refractivity (Wildman–Crippen MR) is 78.7 cm³/mol. The van der Waals surface area contributed by atoms with E-state index >= 15 is 0 Å². The van der Waals surface area contributed by atoms with Crippen LogP contribution < -0.4 is 0 Å². The normalized spacial score (nSPS) is 15.1. The maximum atomic E-state index is 9.71. The summed E-state index contributed by atoms with van der Waals surface area (Å²) in [5, 5.41) is 19.4. The summed E-state index contributed by atoms with van der Waals surface area (Å²) >= 11 is 0. The standard InChI is InChI=1S/C16H32O2/c1-3-5-7-9-11-15(17)13-14-16(18)12-10-8-6-4-2/h13-18H,3-12H2,1-2H3/b14-13+/t15-,16-/m0/s1. The fourth-order valence-corrected chi connectivity index (χ4v) is 2.01. The van der Waals surface area contributed by atoms with E-state index in [2.05, 4.69) is 13.8 Å². The van der Waals surface area contributed by atoms with E-state index in [1.165, 1.54) is 38.5 Å². The van der Waals surface area contributed by atoms with Gasteiger partial charge in [0.25, 0.3) is 0 Å². The Morgan fingerprint density at radius 3 is 1.39 bits per heavy atom. The van der Waals surface area contributed by atoms with Crippen molar-refractivity contribution in [1.82, 2.24) is 0 Å². The molecule has 108 valence electrons. The smallest absolute Gasteiger partial charge is 0.0721 e. The van der Waals surface area contributed by atoms with Crippen LogP contribution in [0.2, 0.25) is 0 Å². The fourth-order valence-electron chi connectivity index (χ4n) is 2.01. The minimum absolute atomic E-state index is 0.382. The first-order valence-electron chi connectivity index (χ1n) is 7.75. The van der Waals surface area contributed by atoms with Gasteiger partial charge in [-0.25, -0.2) is 0 Å². The van der Waals surface area contributed by atoms with E-state index in [1.54, 1.807) is 12.2 Å². The Kier molecular flexibility index (Phi) is 12.9. The molecule has 0 spiro atoms. The Labute approximate surface area is 113 Å². The van der Waals surface area contributed by atoms with Gasteiger partial charge in [-0.2, -0.15) is 0 Å². The quantitative estimate of drug-likeness (QED) is 0.406. The minimum atomic E-state index is -0.382. The summed E-state index contributed by atoms with van der Waals surface area (Å²) in [5.74, 6) is 0. The summed E-state index contributed by atoms with van der Waals surface area (Å²) in [7, 11) is 0. The van der Waals surface area contributed by atoms with Gasteiger partial charge in [-0.05, 0) is 12.8 Å². The van der Waals surface area contributed by atoms with Crippen LogP contribution in [0.3, 0.4) is 0 Å². The predicted octanol–water partition coefficient (Wildman–Crippen LogP) is 4.21. The third kappa shape index (κ3) is 12.1. The number of unbranched alkanes of at least 4 members (excludes halogenated alkanes) is 6. The van der Waals surface area contributed by atoms with Gasteiger partial charge >= 0.3 is 0 Å². The van der Waals surface area contributed by atoms with Crippen LogP contribution in [0, 0.1) is 0 Å². The molecule has 0 aliphatic heterocycles. The van der Waals surface area contributed by atoms with E-state index in [9.17, 15) is 10.2 Å². The fraction of sp³-hybridized carbons (Fsp3) is 0.875. The lowest BCUT2D eigenvalue weighted by molar-refractivity contribution is 0.192. The zero-order chi connectivity index (χ0) is 13.6. The summed E-state index contributed by atoms with van der Waals surface area (Å²) in [4.78, 5) is 0. The topological polar surface area (TPSA) is 40.5 Å². The summed E-state index contributed by atoms with van der Waals surface area (Å²) in [6.07, 6.45) is 13.9. The molecule has 2 nitrogen and oxygen atoms in total. The van der Waals surface area contributed by atoms with Crippen LogP contribution in [-0.4, -0.2) is 22.4 Å². The van der Waals surface area contributed by atoms with Crippen molar-refractivity contribution < 1.29 is 10.2 Å². The molecule has 0 radical (unpaired) electrons. The second kappa shape index (κ2) is 13.1. The van der Waals surface area contributed by atoms with Crippen LogP contribution in [-0.2, 0) is 0 Å². The summed E-state index contributed by atoms with van der Waals surface area (Å²) < 4.78 is 0. The Hall–Kier alpha value is -0.340. The van der Waals surface area contributed by atoms with Gasteiger partial charge in [0.2, 0.25) is 0 Å². The molecule has 0 aliphatic carbocycles. The largest absolute Gasteiger partial charge is 0.389 e. The summed E-state index contributed by atoms with van der Waals surface area (Å²) in [6, 6.07) is 0. The second-order valence-corrected chi connectivity index (χ2v) is 5.22. The van der Waals surface area contributed by atoms with Crippen molar-refractivity contribution in [2.75, 3.05) is 0 Å². The van der Waals surface area contributed by atoms with Gasteiger partial charge in [0, 0.05) is 0 Å². The average molecular weight is 256 g/mol. The molecule has 0 rings (SSSR count). The van der Waals surface area contributed by atoms with E-state index in [-0.39, 0.29) is 12.2 Å². The van der Waals surface area contributed by atoms with Crippen LogP contribution in [0.4, 0.5) is 0 Å². The van der Waals surface area contributed by atoms with Crippen molar-refractivity contribution in [1.29, 1.82) is 0 Å². The highest BCUT2D eigenvalue weighted by Gasteiger charge is 2.02. The lowest BCUT2D eigenvalue weighted by Crippen LogP contribution is -2.06. The maximum absolute atomic E-state index is 9.71. The molecule has 18 heavy (non-hydrogen) atoms. The van der Waals surface area contributed by atoms with Gasteiger partial charge in [0.15, 0.2) is 0 Å². The highest BCUT2D eigenvalue weighted by atomic mass is 16.3. The van der Waals surface area contributed by atoms with E-state index in [0.29, 0.717) is 0 Å². The number of aliphatic hydroxyl groups excluding tert-OH is 2. The van der Waals surface area contributed by atoms with Crippen molar-refractivity contribution in [3.05, 3.63) is 12.2 Å². The molecule has 2 atom stereocenters. The molecule has 0 aliphatic rings. The Morgan fingerprint density at radius 1 is 0.667 bits per heavy atom. The highest BCUT2D eigenvalue weighted by Crippen LogP contribution is 2.09. The van der Waals surface area contributed by atoms with Gasteiger partial charge in [0.1, 0.15) is 0 Å². The van der Waals surface area contributed by atoms with Crippen molar-refractivity contribution in [3.63, 3.8) is 0 Å². The second-order valence-electron chi connectivity index (χ2n) is 5.22. The van der Waals surface area contributed by atoms with Gasteiger partial charge in [-0.3, -0.25) is 0 Å². The SMILES string of the molecule is CCCCCC[C@H](O)/C=C/[C@@H](O)CCCCCC. The molecule has 0 saturated heterocycles. The van der Waals surface area contributed by atoms with Crippen LogP contribution >= 0.6 is 0 Å². The third-order valence-electron chi connectivity index (χ3n) is 3.26. The highest BCUT2D eigenvalue weighted by molar-refractivity contribution is 4.93. The zero-order valence-corrected chi connectivity index (χ0v) is 12.3. The molecule has 0 bridgehead atoms. The van der Waals surface area contributed by atoms with Gasteiger partial charge in [0.05, 0.1) is 12.2 Å².